The van der Waals surface area contributed by atoms with Gasteiger partial charge in [0.1, 0.15) is 6.61 Å². The molecule has 0 radical (unpaired) electrons. The number of nitrogens with zero attached hydrogens (tertiary/aromatic N) is 1. The van der Waals surface area contributed by atoms with Crippen molar-refractivity contribution in [3.8, 4) is 0 Å². The van der Waals surface area contributed by atoms with Crippen LogP contribution in [-0.2, 0) is 16.1 Å². The smallest absolute Gasteiger partial charge is 0.410 e. The molecular formula is C15H17NO3. The molecule has 1 amide bonds. The first-order chi connectivity index (χ1) is 9.16. The highest BCUT2D eigenvalue weighted by molar-refractivity contribution is 5.94. The van der Waals surface area contributed by atoms with Gasteiger partial charge in [0, 0.05) is 12.1 Å². The predicted octanol–water partition coefficient (Wildman–Crippen LogP) is 2.54. The van der Waals surface area contributed by atoms with Crippen molar-refractivity contribution in [2.24, 2.45) is 0 Å². The summed E-state index contributed by atoms with van der Waals surface area (Å²) in [4.78, 5) is 24.8. The topological polar surface area (TPSA) is 46.6 Å². The van der Waals surface area contributed by atoms with E-state index in [2.05, 4.69) is 0 Å². The Morgan fingerprint density at radius 1 is 1.26 bits per heavy atom. The molecule has 100 valence electrons. The Hall–Kier alpha value is -2.10. The summed E-state index contributed by atoms with van der Waals surface area (Å²) < 4.78 is 5.24. The maximum absolute atomic E-state index is 11.9. The van der Waals surface area contributed by atoms with Crippen LogP contribution in [0.5, 0.6) is 0 Å². The quantitative estimate of drug-likeness (QED) is 0.838. The molecule has 1 aliphatic heterocycles. The Bertz CT molecular complexity index is 493. The van der Waals surface area contributed by atoms with Crippen LogP contribution in [0, 0.1) is 0 Å². The van der Waals surface area contributed by atoms with Gasteiger partial charge in [-0.05, 0) is 18.9 Å². The fourth-order valence-electron chi connectivity index (χ4n) is 1.97. The molecule has 1 aliphatic rings. The SMILES string of the molecule is CC(=O)C1=CCCN(C(=O)OCc2ccccc2)C1. The van der Waals surface area contributed by atoms with E-state index in [-0.39, 0.29) is 18.5 Å². The summed E-state index contributed by atoms with van der Waals surface area (Å²) >= 11 is 0. The van der Waals surface area contributed by atoms with Gasteiger partial charge in [0.2, 0.25) is 0 Å². The van der Waals surface area contributed by atoms with Gasteiger partial charge in [-0.25, -0.2) is 4.79 Å². The van der Waals surface area contributed by atoms with Crippen molar-refractivity contribution in [2.45, 2.75) is 20.0 Å². The van der Waals surface area contributed by atoms with Gasteiger partial charge >= 0.3 is 6.09 Å². The van der Waals surface area contributed by atoms with Crippen molar-refractivity contribution >= 4 is 11.9 Å². The molecule has 0 saturated heterocycles. The van der Waals surface area contributed by atoms with Crippen LogP contribution in [0.4, 0.5) is 4.79 Å². The van der Waals surface area contributed by atoms with Gasteiger partial charge in [-0.15, -0.1) is 0 Å². The van der Waals surface area contributed by atoms with Crippen molar-refractivity contribution in [2.75, 3.05) is 13.1 Å². The zero-order chi connectivity index (χ0) is 13.7. The van der Waals surface area contributed by atoms with E-state index < -0.39 is 0 Å². The van der Waals surface area contributed by atoms with Crippen molar-refractivity contribution < 1.29 is 14.3 Å². The van der Waals surface area contributed by atoms with Crippen molar-refractivity contribution in [3.63, 3.8) is 0 Å². The number of amides is 1. The number of rotatable bonds is 3. The van der Waals surface area contributed by atoms with Crippen LogP contribution in [-0.4, -0.2) is 29.9 Å². The minimum Gasteiger partial charge on any atom is -0.445 e. The van der Waals surface area contributed by atoms with E-state index in [1.165, 1.54) is 6.92 Å². The second-order valence-corrected chi connectivity index (χ2v) is 4.54. The molecule has 0 atom stereocenters. The number of carbonyl (C=O) groups is 2. The van der Waals surface area contributed by atoms with Crippen LogP contribution >= 0.6 is 0 Å². The lowest BCUT2D eigenvalue weighted by Gasteiger charge is -2.25. The number of Topliss-reactive ketones (excluding diaryl/α,β-unsaturated/α-hetero) is 1. The Kier molecular flexibility index (Phi) is 4.34. The lowest BCUT2D eigenvalue weighted by Crippen LogP contribution is -2.37. The summed E-state index contributed by atoms with van der Waals surface area (Å²) in [6.07, 6.45) is 2.23. The van der Waals surface area contributed by atoms with Crippen LogP contribution in [0.1, 0.15) is 18.9 Å². The van der Waals surface area contributed by atoms with Gasteiger partial charge in [-0.3, -0.25) is 4.79 Å². The molecule has 0 fully saturated rings. The number of carbonyl (C=O) groups excluding carboxylic acids is 2. The lowest BCUT2D eigenvalue weighted by molar-refractivity contribution is -0.113. The van der Waals surface area contributed by atoms with Gasteiger partial charge in [0.15, 0.2) is 5.78 Å². The highest BCUT2D eigenvalue weighted by atomic mass is 16.6. The van der Waals surface area contributed by atoms with E-state index in [1.807, 2.05) is 36.4 Å². The lowest BCUT2D eigenvalue weighted by atomic mass is 10.1. The molecule has 0 aliphatic carbocycles. The molecule has 1 aromatic carbocycles. The van der Waals surface area contributed by atoms with Crippen LogP contribution in [0.25, 0.3) is 0 Å². The molecule has 4 heteroatoms. The van der Waals surface area contributed by atoms with E-state index in [9.17, 15) is 9.59 Å². The van der Waals surface area contributed by atoms with E-state index >= 15 is 0 Å². The number of hydrogen-bond donors (Lipinski definition) is 0. The third kappa shape index (κ3) is 3.68. The van der Waals surface area contributed by atoms with Gasteiger partial charge in [-0.1, -0.05) is 36.4 Å². The van der Waals surface area contributed by atoms with Crippen molar-refractivity contribution in [1.29, 1.82) is 0 Å². The number of ether oxygens (including phenoxy) is 1. The molecule has 1 aromatic rings. The average Bonchev–Trinajstić information content (AvgIpc) is 2.46. The molecule has 0 spiro atoms. The summed E-state index contributed by atoms with van der Waals surface area (Å²) in [5, 5.41) is 0. The maximum atomic E-state index is 11.9. The van der Waals surface area contributed by atoms with Crippen molar-refractivity contribution in [3.05, 3.63) is 47.5 Å². The third-order valence-corrected chi connectivity index (χ3v) is 3.07. The summed E-state index contributed by atoms with van der Waals surface area (Å²) in [5.41, 5.74) is 1.64. The van der Waals surface area contributed by atoms with Gasteiger partial charge in [0.05, 0.1) is 6.54 Å². The molecule has 4 nitrogen and oxygen atoms in total. The minimum absolute atomic E-state index is 0.0144. The van der Waals surface area contributed by atoms with Gasteiger partial charge in [0.25, 0.3) is 0 Å². The third-order valence-electron chi connectivity index (χ3n) is 3.07. The first-order valence-corrected chi connectivity index (χ1v) is 6.32. The molecule has 0 aromatic heterocycles. The van der Waals surface area contributed by atoms with Crippen LogP contribution in [0.15, 0.2) is 42.0 Å². The van der Waals surface area contributed by atoms with Gasteiger partial charge in [-0.2, -0.15) is 0 Å². The first-order valence-electron chi connectivity index (χ1n) is 6.32. The molecule has 0 unspecified atom stereocenters. The molecule has 2 rings (SSSR count). The van der Waals surface area contributed by atoms with E-state index in [0.29, 0.717) is 25.1 Å². The Balaban J connectivity index is 1.87. The summed E-state index contributed by atoms with van der Waals surface area (Å²) in [6.45, 7) is 2.73. The minimum atomic E-state index is -0.365. The Morgan fingerprint density at radius 2 is 2.00 bits per heavy atom. The zero-order valence-electron chi connectivity index (χ0n) is 11.0. The zero-order valence-corrected chi connectivity index (χ0v) is 11.0. The van der Waals surface area contributed by atoms with Crippen LogP contribution in [0.3, 0.4) is 0 Å². The molecule has 19 heavy (non-hydrogen) atoms. The normalized spacial score (nSPS) is 14.8. The Labute approximate surface area is 112 Å². The standard InChI is InChI=1S/C15H17NO3/c1-12(17)14-8-5-9-16(10-14)15(18)19-11-13-6-3-2-4-7-13/h2-4,6-8H,5,9-11H2,1H3. The number of ketones is 1. The highest BCUT2D eigenvalue weighted by Crippen LogP contribution is 2.12. The van der Waals surface area contributed by atoms with E-state index in [4.69, 9.17) is 4.74 Å². The largest absolute Gasteiger partial charge is 0.445 e. The van der Waals surface area contributed by atoms with Crippen LogP contribution in [0.2, 0.25) is 0 Å². The second kappa shape index (κ2) is 6.18. The van der Waals surface area contributed by atoms with E-state index in [1.54, 1.807) is 4.90 Å². The summed E-state index contributed by atoms with van der Waals surface area (Å²) in [6, 6.07) is 9.54. The molecule has 0 bridgehead atoms. The molecule has 0 saturated carbocycles. The summed E-state index contributed by atoms with van der Waals surface area (Å²) in [7, 11) is 0. The molecule has 0 N–H and O–H groups in total. The molecular weight excluding hydrogens is 242 g/mol. The Morgan fingerprint density at radius 3 is 2.68 bits per heavy atom. The average molecular weight is 259 g/mol. The highest BCUT2D eigenvalue weighted by Gasteiger charge is 2.21. The summed E-state index contributed by atoms with van der Waals surface area (Å²) in [5.74, 6) is 0.0144. The van der Waals surface area contributed by atoms with E-state index in [0.717, 1.165) is 5.56 Å². The number of benzene rings is 1. The number of hydrogen-bond acceptors (Lipinski definition) is 3. The van der Waals surface area contributed by atoms with Gasteiger partial charge < -0.3 is 9.64 Å². The first kappa shape index (κ1) is 13.3. The second-order valence-electron chi connectivity index (χ2n) is 4.54. The predicted molar refractivity (Wildman–Crippen MR) is 71.6 cm³/mol. The monoisotopic (exact) mass is 259 g/mol. The van der Waals surface area contributed by atoms with Crippen LogP contribution < -0.4 is 0 Å². The maximum Gasteiger partial charge on any atom is 0.410 e. The molecule has 1 heterocycles. The fourth-order valence-corrected chi connectivity index (χ4v) is 1.97. The van der Waals surface area contributed by atoms with Crippen molar-refractivity contribution in [1.82, 2.24) is 4.90 Å². The fraction of sp³-hybridized carbons (Fsp3) is 0.333.